The van der Waals surface area contributed by atoms with Gasteiger partial charge in [0.25, 0.3) is 5.69 Å². The van der Waals surface area contributed by atoms with Crippen molar-refractivity contribution in [1.82, 2.24) is 4.98 Å². The molecule has 0 aliphatic heterocycles. The number of aryl methyl sites for hydroxylation is 1. The second-order valence-electron chi connectivity index (χ2n) is 3.62. The summed E-state index contributed by atoms with van der Waals surface area (Å²) in [6.07, 6.45) is 2.06. The topological polar surface area (TPSA) is 68.1 Å². The summed E-state index contributed by atoms with van der Waals surface area (Å²) in [5, 5.41) is 14.0. The lowest BCUT2D eigenvalue weighted by Crippen LogP contribution is -2.06. The van der Waals surface area contributed by atoms with E-state index < -0.39 is 4.92 Å². The first-order valence-electron chi connectivity index (χ1n) is 4.66. The van der Waals surface area contributed by atoms with Gasteiger partial charge < -0.3 is 5.32 Å². The van der Waals surface area contributed by atoms with Crippen molar-refractivity contribution < 1.29 is 4.92 Å². The highest BCUT2D eigenvalue weighted by atomic mass is 35.5. The molecular formula is C9H10ClN3O2. The van der Waals surface area contributed by atoms with Crippen molar-refractivity contribution in [3.8, 4) is 0 Å². The number of nitro groups is 1. The zero-order chi connectivity index (χ0) is 11.0. The Labute approximate surface area is 91.6 Å². The van der Waals surface area contributed by atoms with Gasteiger partial charge in [-0.3, -0.25) is 10.1 Å². The second kappa shape index (κ2) is 3.66. The van der Waals surface area contributed by atoms with Crippen molar-refractivity contribution in [2.75, 3.05) is 5.32 Å². The lowest BCUT2D eigenvalue weighted by molar-refractivity contribution is -0.384. The van der Waals surface area contributed by atoms with Crippen molar-refractivity contribution in [3.63, 3.8) is 0 Å². The van der Waals surface area contributed by atoms with Gasteiger partial charge in [-0.25, -0.2) is 4.98 Å². The Balaban J connectivity index is 2.42. The van der Waals surface area contributed by atoms with Gasteiger partial charge in [0, 0.05) is 17.8 Å². The Hall–Kier alpha value is -1.36. The van der Waals surface area contributed by atoms with Gasteiger partial charge in [-0.2, -0.15) is 0 Å². The molecule has 1 aliphatic rings. The van der Waals surface area contributed by atoms with E-state index in [0.29, 0.717) is 17.4 Å². The van der Waals surface area contributed by atoms with Gasteiger partial charge in [-0.15, -0.1) is 0 Å². The highest BCUT2D eigenvalue weighted by Gasteiger charge is 2.27. The smallest absolute Gasteiger partial charge is 0.297 e. The first-order valence-corrected chi connectivity index (χ1v) is 5.04. The molecule has 0 aromatic carbocycles. The minimum absolute atomic E-state index is 0.000556. The third-order valence-electron chi connectivity index (χ3n) is 2.21. The highest BCUT2D eigenvalue weighted by molar-refractivity contribution is 6.32. The fraction of sp³-hybridized carbons (Fsp3) is 0.444. The van der Waals surface area contributed by atoms with Crippen LogP contribution in [0.1, 0.15) is 18.5 Å². The number of nitrogens with zero attached hydrogens (tertiary/aromatic N) is 2. The maximum atomic E-state index is 10.8. The van der Waals surface area contributed by atoms with Crippen LogP contribution < -0.4 is 5.32 Å². The van der Waals surface area contributed by atoms with Crippen molar-refractivity contribution in [1.29, 1.82) is 0 Å². The standard InChI is InChI=1S/C9H10ClN3O2/c1-5-4-7(13(14)15)8(9(10)11-5)12-6-2-3-6/h4,6,12H,2-3H2,1H3. The zero-order valence-electron chi connectivity index (χ0n) is 8.16. The van der Waals surface area contributed by atoms with E-state index in [2.05, 4.69) is 10.3 Å². The predicted molar refractivity (Wildman–Crippen MR) is 57.3 cm³/mol. The van der Waals surface area contributed by atoms with Crippen LogP contribution >= 0.6 is 11.6 Å². The van der Waals surface area contributed by atoms with E-state index in [1.165, 1.54) is 6.07 Å². The van der Waals surface area contributed by atoms with Crippen molar-refractivity contribution in [2.24, 2.45) is 0 Å². The second-order valence-corrected chi connectivity index (χ2v) is 3.98. The number of hydrogen-bond donors (Lipinski definition) is 1. The fourth-order valence-electron chi connectivity index (χ4n) is 1.33. The van der Waals surface area contributed by atoms with Crippen molar-refractivity contribution in [3.05, 3.63) is 27.0 Å². The quantitative estimate of drug-likeness (QED) is 0.490. The van der Waals surface area contributed by atoms with E-state index in [0.717, 1.165) is 12.8 Å². The summed E-state index contributed by atoms with van der Waals surface area (Å²) in [5.41, 5.74) is 0.891. The Morgan fingerprint density at radius 1 is 1.67 bits per heavy atom. The van der Waals surface area contributed by atoms with E-state index in [1.807, 2.05) is 0 Å². The lowest BCUT2D eigenvalue weighted by atomic mass is 10.3. The molecule has 1 N–H and O–H groups in total. The molecule has 5 nitrogen and oxygen atoms in total. The molecule has 80 valence electrons. The van der Waals surface area contributed by atoms with Crippen LogP contribution in [0.15, 0.2) is 6.07 Å². The molecule has 1 fully saturated rings. The summed E-state index contributed by atoms with van der Waals surface area (Å²) in [5.74, 6) is 0. The molecule has 0 spiro atoms. The van der Waals surface area contributed by atoms with Crippen LogP contribution in [0.3, 0.4) is 0 Å². The van der Waals surface area contributed by atoms with Crippen molar-refractivity contribution >= 4 is 23.0 Å². The van der Waals surface area contributed by atoms with Gasteiger partial charge in [0.15, 0.2) is 10.8 Å². The van der Waals surface area contributed by atoms with Crippen LogP contribution in [0, 0.1) is 17.0 Å². The maximum Gasteiger partial charge on any atom is 0.297 e. The fourth-order valence-corrected chi connectivity index (χ4v) is 1.61. The van der Waals surface area contributed by atoms with Gasteiger partial charge >= 0.3 is 0 Å². The average Bonchev–Trinajstić information content (AvgIpc) is 2.92. The number of nitrogens with one attached hydrogen (secondary N) is 1. The summed E-state index contributed by atoms with van der Waals surface area (Å²) in [6, 6.07) is 1.74. The molecule has 0 bridgehead atoms. The normalized spacial score (nSPS) is 15.1. The van der Waals surface area contributed by atoms with Gasteiger partial charge in [-0.1, -0.05) is 11.6 Å². The molecule has 1 saturated carbocycles. The van der Waals surface area contributed by atoms with E-state index in [-0.39, 0.29) is 10.8 Å². The zero-order valence-corrected chi connectivity index (χ0v) is 8.91. The SMILES string of the molecule is Cc1cc([N+](=O)[O-])c(NC2CC2)c(Cl)n1. The monoisotopic (exact) mass is 227 g/mol. The highest BCUT2D eigenvalue weighted by Crippen LogP contribution is 2.35. The Morgan fingerprint density at radius 2 is 2.33 bits per heavy atom. The summed E-state index contributed by atoms with van der Waals surface area (Å²) < 4.78 is 0. The number of pyridine rings is 1. The minimum Gasteiger partial charge on any atom is -0.374 e. The molecule has 6 heteroatoms. The molecule has 15 heavy (non-hydrogen) atoms. The summed E-state index contributed by atoms with van der Waals surface area (Å²) in [4.78, 5) is 14.4. The third kappa shape index (κ3) is 2.18. The van der Waals surface area contributed by atoms with E-state index in [1.54, 1.807) is 6.92 Å². The number of halogens is 1. The number of rotatable bonds is 3. The molecule has 0 radical (unpaired) electrons. The van der Waals surface area contributed by atoms with Gasteiger partial charge in [0.1, 0.15) is 0 Å². The first kappa shape index (κ1) is 10.2. The van der Waals surface area contributed by atoms with Crippen LogP contribution in [0.5, 0.6) is 0 Å². The first-order chi connectivity index (χ1) is 7.08. The molecule has 2 rings (SSSR count). The summed E-state index contributed by atoms with van der Waals surface area (Å²) in [7, 11) is 0. The van der Waals surface area contributed by atoms with Gasteiger partial charge in [0.05, 0.1) is 4.92 Å². The Bertz CT molecular complexity index is 418. The molecule has 0 amide bonds. The number of anilines is 1. The van der Waals surface area contributed by atoms with Crippen LogP contribution in [-0.2, 0) is 0 Å². The maximum absolute atomic E-state index is 10.8. The van der Waals surface area contributed by atoms with Gasteiger partial charge in [0.2, 0.25) is 0 Å². The van der Waals surface area contributed by atoms with Crippen LogP contribution in [-0.4, -0.2) is 15.9 Å². The van der Waals surface area contributed by atoms with Gasteiger partial charge in [-0.05, 0) is 19.8 Å². The molecule has 0 saturated heterocycles. The van der Waals surface area contributed by atoms with E-state index in [9.17, 15) is 10.1 Å². The Morgan fingerprint density at radius 3 is 2.87 bits per heavy atom. The number of hydrogen-bond acceptors (Lipinski definition) is 4. The summed E-state index contributed by atoms with van der Waals surface area (Å²) in [6.45, 7) is 1.68. The third-order valence-corrected chi connectivity index (χ3v) is 2.48. The van der Waals surface area contributed by atoms with Crippen molar-refractivity contribution in [2.45, 2.75) is 25.8 Å². The van der Waals surface area contributed by atoms with Crippen LogP contribution in [0.4, 0.5) is 11.4 Å². The van der Waals surface area contributed by atoms with E-state index in [4.69, 9.17) is 11.6 Å². The lowest BCUT2D eigenvalue weighted by Gasteiger charge is -2.07. The predicted octanol–water partition coefficient (Wildman–Crippen LogP) is 2.53. The molecule has 1 aliphatic carbocycles. The number of aromatic nitrogens is 1. The summed E-state index contributed by atoms with van der Waals surface area (Å²) >= 11 is 5.87. The average molecular weight is 228 g/mol. The molecule has 0 unspecified atom stereocenters. The molecule has 0 atom stereocenters. The van der Waals surface area contributed by atoms with Crippen LogP contribution in [0.25, 0.3) is 0 Å². The molecular weight excluding hydrogens is 218 g/mol. The molecule has 1 aromatic rings. The van der Waals surface area contributed by atoms with E-state index >= 15 is 0 Å². The largest absolute Gasteiger partial charge is 0.374 e. The minimum atomic E-state index is -0.439. The molecule has 1 aromatic heterocycles. The Kier molecular flexibility index (Phi) is 2.48. The van der Waals surface area contributed by atoms with Crippen LogP contribution in [0.2, 0.25) is 5.15 Å². The molecule has 1 heterocycles.